The zero-order chi connectivity index (χ0) is 19.4. The van der Waals surface area contributed by atoms with Gasteiger partial charge in [0.25, 0.3) is 5.91 Å². The SMILES string of the molecule is COCCn1c(=NC(=O)c2ccc(SC(C)C)cc2)sc2cc(C)ccc21. The molecule has 0 fully saturated rings. The number of methoxy groups -OCH3 is 1. The Morgan fingerprint density at radius 2 is 1.96 bits per heavy atom. The Morgan fingerprint density at radius 3 is 2.63 bits per heavy atom. The Kier molecular flexibility index (Phi) is 6.52. The molecule has 0 aliphatic heterocycles. The average molecular weight is 401 g/mol. The molecule has 142 valence electrons. The Morgan fingerprint density at radius 1 is 1.22 bits per heavy atom. The van der Waals surface area contributed by atoms with Gasteiger partial charge in [0.15, 0.2) is 4.80 Å². The fourth-order valence-electron chi connectivity index (χ4n) is 2.76. The summed E-state index contributed by atoms with van der Waals surface area (Å²) < 4.78 is 8.42. The first-order valence-corrected chi connectivity index (χ1v) is 10.6. The fourth-order valence-corrected chi connectivity index (χ4v) is 4.75. The molecule has 0 bridgehead atoms. The summed E-state index contributed by atoms with van der Waals surface area (Å²) in [5.74, 6) is -0.217. The molecule has 1 amide bonds. The molecular weight excluding hydrogens is 376 g/mol. The molecule has 0 aliphatic carbocycles. The highest BCUT2D eigenvalue weighted by molar-refractivity contribution is 7.99. The molecule has 3 rings (SSSR count). The Balaban J connectivity index is 1.97. The van der Waals surface area contributed by atoms with Gasteiger partial charge < -0.3 is 9.30 Å². The normalized spacial score (nSPS) is 12.3. The molecule has 4 nitrogen and oxygen atoms in total. The lowest BCUT2D eigenvalue weighted by Gasteiger charge is -2.05. The number of thiazole rings is 1. The molecule has 0 unspecified atom stereocenters. The van der Waals surface area contributed by atoms with Crippen LogP contribution in [0.3, 0.4) is 0 Å². The van der Waals surface area contributed by atoms with Crippen LogP contribution in [-0.4, -0.2) is 29.4 Å². The van der Waals surface area contributed by atoms with Crippen LogP contribution < -0.4 is 4.80 Å². The van der Waals surface area contributed by atoms with E-state index in [9.17, 15) is 4.79 Å². The van der Waals surface area contributed by atoms with Crippen LogP contribution in [-0.2, 0) is 11.3 Å². The molecule has 3 aromatic rings. The van der Waals surface area contributed by atoms with Crippen molar-refractivity contribution in [2.24, 2.45) is 4.99 Å². The summed E-state index contributed by atoms with van der Waals surface area (Å²) in [6.07, 6.45) is 0. The first kappa shape index (κ1) is 19.9. The smallest absolute Gasteiger partial charge is 0.279 e. The molecule has 6 heteroatoms. The van der Waals surface area contributed by atoms with E-state index < -0.39 is 0 Å². The first-order chi connectivity index (χ1) is 13.0. The van der Waals surface area contributed by atoms with Gasteiger partial charge in [-0.15, -0.1) is 11.8 Å². The lowest BCUT2D eigenvalue weighted by atomic mass is 10.2. The lowest BCUT2D eigenvalue weighted by molar-refractivity contribution is 0.0997. The van der Waals surface area contributed by atoms with Crippen LogP contribution in [0.1, 0.15) is 29.8 Å². The third-order valence-corrected chi connectivity index (χ3v) is 6.08. The summed E-state index contributed by atoms with van der Waals surface area (Å²) in [5, 5.41) is 0.512. The minimum Gasteiger partial charge on any atom is -0.383 e. The molecule has 0 N–H and O–H groups in total. The molecule has 0 radical (unpaired) electrons. The van der Waals surface area contributed by atoms with Crippen molar-refractivity contribution in [3.8, 4) is 0 Å². The highest BCUT2D eigenvalue weighted by Crippen LogP contribution is 2.23. The van der Waals surface area contributed by atoms with E-state index in [1.54, 1.807) is 18.9 Å². The Bertz CT molecular complexity index is 1000. The molecule has 0 spiro atoms. The number of nitrogens with zero attached hydrogens (tertiary/aromatic N) is 2. The van der Waals surface area contributed by atoms with Gasteiger partial charge in [-0.25, -0.2) is 0 Å². The number of fused-ring (bicyclic) bond motifs is 1. The summed E-state index contributed by atoms with van der Waals surface area (Å²) in [5.41, 5.74) is 2.88. The largest absolute Gasteiger partial charge is 0.383 e. The third kappa shape index (κ3) is 4.89. The van der Waals surface area contributed by atoms with Crippen molar-refractivity contribution in [3.05, 3.63) is 58.4 Å². The predicted octanol–water partition coefficient (Wildman–Crippen LogP) is 4.90. The quantitative estimate of drug-likeness (QED) is 0.553. The summed E-state index contributed by atoms with van der Waals surface area (Å²) in [6.45, 7) is 7.61. The summed E-state index contributed by atoms with van der Waals surface area (Å²) in [6, 6.07) is 14.0. The van der Waals surface area contributed by atoms with Gasteiger partial charge in [-0.05, 0) is 48.9 Å². The number of rotatable bonds is 6. The van der Waals surface area contributed by atoms with Crippen molar-refractivity contribution >= 4 is 39.2 Å². The number of thioether (sulfide) groups is 1. The number of benzene rings is 2. The van der Waals surface area contributed by atoms with Crippen LogP contribution in [0.2, 0.25) is 0 Å². The van der Waals surface area contributed by atoms with Crippen molar-refractivity contribution in [2.75, 3.05) is 13.7 Å². The molecule has 0 saturated carbocycles. The van der Waals surface area contributed by atoms with Crippen molar-refractivity contribution in [2.45, 2.75) is 37.5 Å². The van der Waals surface area contributed by atoms with Crippen LogP contribution in [0.25, 0.3) is 10.2 Å². The van der Waals surface area contributed by atoms with Crippen LogP contribution >= 0.6 is 23.1 Å². The summed E-state index contributed by atoms with van der Waals surface area (Å²) in [4.78, 5) is 19.0. The maximum atomic E-state index is 12.7. The van der Waals surface area contributed by atoms with Gasteiger partial charge in [-0.1, -0.05) is 31.3 Å². The Labute approximate surface area is 167 Å². The number of hydrogen-bond donors (Lipinski definition) is 0. The van der Waals surface area contributed by atoms with E-state index >= 15 is 0 Å². The van der Waals surface area contributed by atoms with Crippen molar-refractivity contribution in [1.82, 2.24) is 4.57 Å². The minimum absolute atomic E-state index is 0.217. The average Bonchev–Trinajstić information content (AvgIpc) is 2.96. The first-order valence-electron chi connectivity index (χ1n) is 8.92. The van der Waals surface area contributed by atoms with Gasteiger partial charge in [0.2, 0.25) is 0 Å². The molecule has 0 saturated heterocycles. The number of ether oxygens (including phenoxy) is 1. The summed E-state index contributed by atoms with van der Waals surface area (Å²) >= 11 is 3.32. The predicted molar refractivity (Wildman–Crippen MR) is 114 cm³/mol. The third-order valence-electron chi connectivity index (χ3n) is 4.03. The highest BCUT2D eigenvalue weighted by atomic mass is 32.2. The van der Waals surface area contributed by atoms with E-state index in [2.05, 4.69) is 48.5 Å². The maximum absolute atomic E-state index is 12.7. The van der Waals surface area contributed by atoms with Gasteiger partial charge in [0, 0.05) is 29.4 Å². The van der Waals surface area contributed by atoms with Gasteiger partial charge in [-0.3, -0.25) is 4.79 Å². The van der Waals surface area contributed by atoms with Gasteiger partial charge >= 0.3 is 0 Å². The summed E-state index contributed by atoms with van der Waals surface area (Å²) in [7, 11) is 1.68. The van der Waals surface area contributed by atoms with E-state index in [4.69, 9.17) is 4.74 Å². The van der Waals surface area contributed by atoms with E-state index in [1.807, 2.05) is 24.3 Å². The van der Waals surface area contributed by atoms with Crippen LogP contribution in [0.5, 0.6) is 0 Å². The molecule has 0 atom stereocenters. The lowest BCUT2D eigenvalue weighted by Crippen LogP contribution is -2.19. The van der Waals surface area contributed by atoms with Gasteiger partial charge in [-0.2, -0.15) is 4.99 Å². The molecule has 1 aromatic heterocycles. The number of hydrogen-bond acceptors (Lipinski definition) is 4. The van der Waals surface area contributed by atoms with Crippen LogP contribution in [0.15, 0.2) is 52.4 Å². The standard InChI is InChI=1S/C21H24N2O2S2/c1-14(2)26-17-8-6-16(7-9-17)20(24)22-21-23(11-12-25-4)18-10-5-15(3)13-19(18)27-21/h5-10,13-14H,11-12H2,1-4H3. The number of aromatic nitrogens is 1. The monoisotopic (exact) mass is 400 g/mol. The number of carbonyl (C=O) groups excluding carboxylic acids is 1. The Hall–Kier alpha value is -1.89. The zero-order valence-electron chi connectivity index (χ0n) is 16.1. The molecule has 1 heterocycles. The molecule has 0 aliphatic rings. The van der Waals surface area contributed by atoms with Crippen molar-refractivity contribution in [3.63, 3.8) is 0 Å². The second-order valence-electron chi connectivity index (χ2n) is 6.61. The topological polar surface area (TPSA) is 43.6 Å². The van der Waals surface area contributed by atoms with Crippen molar-refractivity contribution in [1.29, 1.82) is 0 Å². The minimum atomic E-state index is -0.217. The van der Waals surface area contributed by atoms with Gasteiger partial charge in [0.05, 0.1) is 16.8 Å². The van der Waals surface area contributed by atoms with Crippen molar-refractivity contribution < 1.29 is 9.53 Å². The number of aryl methyl sites for hydroxylation is 1. The van der Waals surface area contributed by atoms with Gasteiger partial charge in [0.1, 0.15) is 0 Å². The number of carbonyl (C=O) groups is 1. The van der Waals surface area contributed by atoms with E-state index in [1.165, 1.54) is 16.9 Å². The fraction of sp³-hybridized carbons (Fsp3) is 0.333. The van der Waals surface area contributed by atoms with E-state index in [-0.39, 0.29) is 5.91 Å². The molecule has 2 aromatic carbocycles. The number of amides is 1. The van der Waals surface area contributed by atoms with E-state index in [0.29, 0.717) is 28.8 Å². The zero-order valence-corrected chi connectivity index (χ0v) is 17.7. The molecular formula is C21H24N2O2S2. The van der Waals surface area contributed by atoms with E-state index in [0.717, 1.165) is 15.1 Å². The van der Waals surface area contributed by atoms with Crippen LogP contribution in [0.4, 0.5) is 0 Å². The van der Waals surface area contributed by atoms with Crippen LogP contribution in [0, 0.1) is 6.92 Å². The maximum Gasteiger partial charge on any atom is 0.279 e. The second-order valence-corrected chi connectivity index (χ2v) is 9.27. The highest BCUT2D eigenvalue weighted by Gasteiger charge is 2.10. The second kappa shape index (κ2) is 8.87. The molecule has 27 heavy (non-hydrogen) atoms.